The van der Waals surface area contributed by atoms with Gasteiger partial charge in [0.15, 0.2) is 0 Å². The molecule has 1 unspecified atom stereocenters. The van der Waals surface area contributed by atoms with E-state index in [0.717, 1.165) is 6.08 Å². The first-order chi connectivity index (χ1) is 7.13. The molecular weight excluding hydrogens is 197 g/mol. The Balaban J connectivity index is 2.87. The smallest absolute Gasteiger partial charge is 0.328 e. The van der Waals surface area contributed by atoms with Crippen molar-refractivity contribution in [2.24, 2.45) is 0 Å². The standard InChI is InChI=1S/C11H12FNO2/c1-13-10(5-6-11(14)15)8-3-2-4-9(12)7-8/h2-7,10,13H,1H3,(H,14,15)/b6-5+. The average Bonchev–Trinajstić information content (AvgIpc) is 2.18. The normalized spacial score (nSPS) is 12.9. The van der Waals surface area contributed by atoms with Gasteiger partial charge < -0.3 is 10.4 Å². The van der Waals surface area contributed by atoms with E-state index < -0.39 is 5.97 Å². The highest BCUT2D eigenvalue weighted by Crippen LogP contribution is 2.14. The number of carbonyl (C=O) groups is 1. The van der Waals surface area contributed by atoms with Gasteiger partial charge in [-0.05, 0) is 24.7 Å². The molecule has 0 aliphatic rings. The van der Waals surface area contributed by atoms with Crippen molar-refractivity contribution in [1.29, 1.82) is 0 Å². The van der Waals surface area contributed by atoms with Gasteiger partial charge in [-0.1, -0.05) is 18.2 Å². The zero-order valence-corrected chi connectivity index (χ0v) is 8.27. The van der Waals surface area contributed by atoms with Crippen molar-refractivity contribution < 1.29 is 14.3 Å². The summed E-state index contributed by atoms with van der Waals surface area (Å²) in [5.41, 5.74) is 0.690. The van der Waals surface area contributed by atoms with Crippen molar-refractivity contribution in [2.75, 3.05) is 7.05 Å². The molecule has 3 nitrogen and oxygen atoms in total. The number of aliphatic carboxylic acids is 1. The number of rotatable bonds is 4. The highest BCUT2D eigenvalue weighted by Gasteiger charge is 2.06. The second-order valence-corrected chi connectivity index (χ2v) is 3.02. The van der Waals surface area contributed by atoms with Crippen molar-refractivity contribution in [2.45, 2.75) is 6.04 Å². The molecule has 1 aromatic carbocycles. The number of hydrogen-bond acceptors (Lipinski definition) is 2. The van der Waals surface area contributed by atoms with Crippen LogP contribution in [0.2, 0.25) is 0 Å². The molecule has 0 aliphatic carbocycles. The van der Waals surface area contributed by atoms with Gasteiger partial charge in [-0.15, -0.1) is 0 Å². The minimum Gasteiger partial charge on any atom is -0.478 e. The lowest BCUT2D eigenvalue weighted by molar-refractivity contribution is -0.131. The molecule has 0 heterocycles. The predicted octanol–water partition coefficient (Wildman–Crippen LogP) is 1.73. The number of nitrogens with one attached hydrogen (secondary N) is 1. The molecule has 0 saturated heterocycles. The van der Waals surface area contributed by atoms with E-state index in [9.17, 15) is 9.18 Å². The maximum Gasteiger partial charge on any atom is 0.328 e. The SMILES string of the molecule is CNC(/C=C/C(=O)O)c1cccc(F)c1. The molecule has 0 saturated carbocycles. The van der Waals surface area contributed by atoms with Gasteiger partial charge in [-0.3, -0.25) is 0 Å². The van der Waals surface area contributed by atoms with E-state index in [4.69, 9.17) is 5.11 Å². The summed E-state index contributed by atoms with van der Waals surface area (Å²) in [6.07, 6.45) is 2.50. The van der Waals surface area contributed by atoms with E-state index in [1.807, 2.05) is 0 Å². The summed E-state index contributed by atoms with van der Waals surface area (Å²) in [4.78, 5) is 10.3. The summed E-state index contributed by atoms with van der Waals surface area (Å²) >= 11 is 0. The fourth-order valence-corrected chi connectivity index (χ4v) is 1.25. The number of benzene rings is 1. The first kappa shape index (κ1) is 11.4. The van der Waals surface area contributed by atoms with Crippen molar-refractivity contribution in [3.8, 4) is 0 Å². The number of carboxylic acid groups (broad SMARTS) is 1. The summed E-state index contributed by atoms with van der Waals surface area (Å²) in [6, 6.07) is 5.74. The van der Waals surface area contributed by atoms with Crippen LogP contribution in [-0.2, 0) is 4.79 Å². The molecule has 0 radical (unpaired) electrons. The monoisotopic (exact) mass is 209 g/mol. The van der Waals surface area contributed by atoms with E-state index in [2.05, 4.69) is 5.32 Å². The highest BCUT2D eigenvalue weighted by atomic mass is 19.1. The summed E-state index contributed by atoms with van der Waals surface area (Å²) in [6.45, 7) is 0. The lowest BCUT2D eigenvalue weighted by atomic mass is 10.1. The van der Waals surface area contributed by atoms with Crippen LogP contribution in [0.1, 0.15) is 11.6 Å². The maximum absolute atomic E-state index is 12.9. The van der Waals surface area contributed by atoms with Crippen molar-refractivity contribution in [3.63, 3.8) is 0 Å². The molecule has 2 N–H and O–H groups in total. The second kappa shape index (κ2) is 5.26. The Kier molecular flexibility index (Phi) is 4.00. The molecule has 1 aromatic rings. The van der Waals surface area contributed by atoms with E-state index in [1.54, 1.807) is 19.2 Å². The predicted molar refractivity (Wildman–Crippen MR) is 55.0 cm³/mol. The van der Waals surface area contributed by atoms with Gasteiger partial charge in [-0.25, -0.2) is 9.18 Å². The number of carboxylic acids is 1. The van der Waals surface area contributed by atoms with Gasteiger partial charge in [0.05, 0.1) is 6.04 Å². The fraction of sp³-hybridized carbons (Fsp3) is 0.182. The molecule has 0 spiro atoms. The molecule has 4 heteroatoms. The van der Waals surface area contributed by atoms with Gasteiger partial charge in [0.25, 0.3) is 0 Å². The summed E-state index contributed by atoms with van der Waals surface area (Å²) in [5.74, 6) is -1.36. The molecule has 1 rings (SSSR count). The third-order valence-corrected chi connectivity index (χ3v) is 1.95. The van der Waals surface area contributed by atoms with E-state index >= 15 is 0 Å². The van der Waals surface area contributed by atoms with E-state index in [-0.39, 0.29) is 11.9 Å². The number of likely N-dealkylation sites (N-methyl/N-ethyl adjacent to an activating group) is 1. The van der Waals surface area contributed by atoms with Crippen LogP contribution in [0, 0.1) is 5.82 Å². The van der Waals surface area contributed by atoms with Crippen LogP contribution in [0.4, 0.5) is 4.39 Å². The van der Waals surface area contributed by atoms with Crippen LogP contribution in [0.3, 0.4) is 0 Å². The molecule has 0 amide bonds. The summed E-state index contributed by atoms with van der Waals surface area (Å²) in [7, 11) is 1.68. The van der Waals surface area contributed by atoms with Crippen LogP contribution >= 0.6 is 0 Å². The summed E-state index contributed by atoms with van der Waals surface area (Å²) in [5, 5.41) is 11.4. The molecular formula is C11H12FNO2. The maximum atomic E-state index is 12.9. The average molecular weight is 209 g/mol. The Labute approximate surface area is 87.2 Å². The first-order valence-electron chi connectivity index (χ1n) is 4.47. The zero-order chi connectivity index (χ0) is 11.3. The molecule has 80 valence electrons. The van der Waals surface area contributed by atoms with Crippen LogP contribution in [0.25, 0.3) is 0 Å². The van der Waals surface area contributed by atoms with Crippen LogP contribution in [0.5, 0.6) is 0 Å². The Bertz CT molecular complexity index is 377. The molecule has 1 atom stereocenters. The van der Waals surface area contributed by atoms with Crippen molar-refractivity contribution in [3.05, 3.63) is 47.8 Å². The molecule has 15 heavy (non-hydrogen) atoms. The zero-order valence-electron chi connectivity index (χ0n) is 8.27. The Morgan fingerprint density at radius 3 is 2.87 bits per heavy atom. The van der Waals surface area contributed by atoms with Gasteiger partial charge in [-0.2, -0.15) is 0 Å². The van der Waals surface area contributed by atoms with Gasteiger partial charge in [0.1, 0.15) is 5.82 Å². The van der Waals surface area contributed by atoms with Crippen LogP contribution in [0.15, 0.2) is 36.4 Å². The Morgan fingerprint density at radius 1 is 1.60 bits per heavy atom. The quantitative estimate of drug-likeness (QED) is 0.742. The van der Waals surface area contributed by atoms with Crippen molar-refractivity contribution >= 4 is 5.97 Å². The first-order valence-corrected chi connectivity index (χ1v) is 4.47. The van der Waals surface area contributed by atoms with Gasteiger partial charge in [0.2, 0.25) is 0 Å². The third-order valence-electron chi connectivity index (χ3n) is 1.95. The van der Waals surface area contributed by atoms with Gasteiger partial charge >= 0.3 is 5.97 Å². The van der Waals surface area contributed by atoms with Crippen LogP contribution in [-0.4, -0.2) is 18.1 Å². The third kappa shape index (κ3) is 3.52. The Hall–Kier alpha value is -1.68. The van der Waals surface area contributed by atoms with Crippen molar-refractivity contribution in [1.82, 2.24) is 5.32 Å². The molecule has 0 fully saturated rings. The van der Waals surface area contributed by atoms with Gasteiger partial charge in [0, 0.05) is 6.08 Å². The minimum atomic E-state index is -1.02. The second-order valence-electron chi connectivity index (χ2n) is 3.02. The lowest BCUT2D eigenvalue weighted by Crippen LogP contribution is -2.14. The molecule has 0 aromatic heterocycles. The molecule has 0 aliphatic heterocycles. The highest BCUT2D eigenvalue weighted by molar-refractivity contribution is 5.79. The largest absolute Gasteiger partial charge is 0.478 e. The van der Waals surface area contributed by atoms with E-state index in [0.29, 0.717) is 5.56 Å². The fourth-order valence-electron chi connectivity index (χ4n) is 1.25. The number of halogens is 1. The van der Waals surface area contributed by atoms with E-state index in [1.165, 1.54) is 18.2 Å². The number of hydrogen-bond donors (Lipinski definition) is 2. The lowest BCUT2D eigenvalue weighted by Gasteiger charge is -2.11. The minimum absolute atomic E-state index is 0.295. The topological polar surface area (TPSA) is 49.3 Å². The van der Waals surface area contributed by atoms with Crippen LogP contribution < -0.4 is 5.32 Å². The molecule has 0 bridgehead atoms. The summed E-state index contributed by atoms with van der Waals surface area (Å²) < 4.78 is 12.9. The Morgan fingerprint density at radius 2 is 2.33 bits per heavy atom.